The summed E-state index contributed by atoms with van der Waals surface area (Å²) in [4.78, 5) is 0.344. The quantitative estimate of drug-likeness (QED) is 0.859. The maximum Gasteiger partial charge on any atom is 0.186 e. The molecule has 1 heterocycles. The minimum absolute atomic E-state index is 0.208. The van der Waals surface area contributed by atoms with Gasteiger partial charge in [-0.2, -0.15) is 0 Å². The summed E-state index contributed by atoms with van der Waals surface area (Å²) in [6, 6.07) is 16.2. The van der Waals surface area contributed by atoms with Gasteiger partial charge in [-0.1, -0.05) is 42.5 Å². The van der Waals surface area contributed by atoms with Crippen LogP contribution in [0.1, 0.15) is 16.4 Å². The summed E-state index contributed by atoms with van der Waals surface area (Å²) in [5.74, 6) is 0.549. The molecule has 124 valence electrons. The van der Waals surface area contributed by atoms with Crippen LogP contribution in [-0.4, -0.2) is 28.7 Å². The third kappa shape index (κ3) is 2.19. The van der Waals surface area contributed by atoms with Gasteiger partial charge in [-0.15, -0.1) is 0 Å². The van der Waals surface area contributed by atoms with Gasteiger partial charge in [0.25, 0.3) is 0 Å². The van der Waals surface area contributed by atoms with Gasteiger partial charge >= 0.3 is 0 Å². The van der Waals surface area contributed by atoms with E-state index >= 15 is 0 Å². The normalized spacial score (nSPS) is 22.9. The molecule has 1 aliphatic heterocycles. The van der Waals surface area contributed by atoms with Gasteiger partial charge in [0.05, 0.1) is 25.2 Å². The average molecular weight is 342 g/mol. The van der Waals surface area contributed by atoms with Gasteiger partial charge in [0.1, 0.15) is 11.0 Å². The van der Waals surface area contributed by atoms with Crippen molar-refractivity contribution in [2.75, 3.05) is 20.3 Å². The van der Waals surface area contributed by atoms with Crippen molar-refractivity contribution in [3.8, 4) is 0 Å². The van der Waals surface area contributed by atoms with Crippen molar-refractivity contribution in [1.82, 2.24) is 0 Å². The van der Waals surface area contributed by atoms with Crippen molar-refractivity contribution in [2.45, 2.75) is 10.1 Å². The summed E-state index contributed by atoms with van der Waals surface area (Å²) in [5.41, 5.74) is 2.58. The molecule has 0 bridgehead atoms. The van der Waals surface area contributed by atoms with Crippen LogP contribution < -0.4 is 0 Å². The second-order valence-electron chi connectivity index (χ2n) is 6.05. The zero-order valence-corrected chi connectivity index (χ0v) is 14.1. The van der Waals surface area contributed by atoms with Crippen molar-refractivity contribution >= 4 is 15.6 Å². The van der Waals surface area contributed by atoms with Crippen molar-refractivity contribution in [3.63, 3.8) is 0 Å². The molecule has 0 N–H and O–H groups in total. The molecule has 2 aromatic carbocycles. The van der Waals surface area contributed by atoms with E-state index in [4.69, 9.17) is 9.47 Å². The van der Waals surface area contributed by atoms with E-state index in [1.54, 1.807) is 31.4 Å². The highest BCUT2D eigenvalue weighted by atomic mass is 32.2. The minimum atomic E-state index is -3.53. The summed E-state index contributed by atoms with van der Waals surface area (Å²) in [5, 5.41) is -0.646. The van der Waals surface area contributed by atoms with Gasteiger partial charge in [0.2, 0.25) is 0 Å². The van der Waals surface area contributed by atoms with Crippen molar-refractivity contribution in [2.24, 2.45) is 5.92 Å². The van der Waals surface area contributed by atoms with Gasteiger partial charge in [-0.3, -0.25) is 0 Å². The molecule has 0 spiro atoms. The largest absolute Gasteiger partial charge is 0.496 e. The zero-order valence-electron chi connectivity index (χ0n) is 13.3. The van der Waals surface area contributed by atoms with Crippen LogP contribution in [0, 0.1) is 5.92 Å². The van der Waals surface area contributed by atoms with Crippen LogP contribution in [0.15, 0.2) is 65.1 Å². The van der Waals surface area contributed by atoms with Gasteiger partial charge in [0.15, 0.2) is 9.84 Å². The van der Waals surface area contributed by atoms with E-state index < -0.39 is 15.1 Å². The number of hydrogen-bond donors (Lipinski definition) is 0. The standard InChI is InChI=1S/C19H18O4S/c1-22-18-14-9-5-6-10-15(14)19(17-12-23-11-16(17)18)24(20,21)13-7-3-2-4-8-13/h2-10,17,19H,11-12H2,1H3/t17-,19-/m0/s1. The fourth-order valence-corrected chi connectivity index (χ4v) is 5.78. The summed E-state index contributed by atoms with van der Waals surface area (Å²) in [6.07, 6.45) is 0. The first-order valence-electron chi connectivity index (χ1n) is 7.87. The van der Waals surface area contributed by atoms with E-state index in [2.05, 4.69) is 0 Å². The first kappa shape index (κ1) is 15.4. The van der Waals surface area contributed by atoms with Crippen molar-refractivity contribution in [1.29, 1.82) is 0 Å². The van der Waals surface area contributed by atoms with Crippen LogP contribution >= 0.6 is 0 Å². The van der Waals surface area contributed by atoms with Gasteiger partial charge in [0, 0.05) is 17.1 Å². The first-order chi connectivity index (χ1) is 11.6. The van der Waals surface area contributed by atoms with Crippen LogP contribution in [0.5, 0.6) is 0 Å². The van der Waals surface area contributed by atoms with Gasteiger partial charge in [-0.05, 0) is 17.7 Å². The monoisotopic (exact) mass is 342 g/mol. The number of sulfone groups is 1. The average Bonchev–Trinajstić information content (AvgIpc) is 3.08. The lowest BCUT2D eigenvalue weighted by atomic mass is 9.83. The molecule has 0 aromatic heterocycles. The van der Waals surface area contributed by atoms with Crippen molar-refractivity contribution in [3.05, 3.63) is 71.3 Å². The molecule has 0 unspecified atom stereocenters. The van der Waals surface area contributed by atoms with E-state index in [0.29, 0.717) is 18.1 Å². The SMILES string of the molecule is COC1=C2COC[C@@H]2[C@@H](S(=O)(=O)c2ccccc2)c2ccccc21. The molecule has 2 aliphatic rings. The molecule has 0 saturated carbocycles. The summed E-state index contributed by atoms with van der Waals surface area (Å²) in [6.45, 7) is 0.816. The molecule has 1 fully saturated rings. The van der Waals surface area contributed by atoms with E-state index in [-0.39, 0.29) is 5.92 Å². The molecule has 2 atom stereocenters. The Morgan fingerprint density at radius 2 is 1.75 bits per heavy atom. The number of rotatable bonds is 3. The van der Waals surface area contributed by atoms with Crippen LogP contribution in [0.3, 0.4) is 0 Å². The smallest absolute Gasteiger partial charge is 0.186 e. The second kappa shape index (κ2) is 5.76. The first-order valence-corrected chi connectivity index (χ1v) is 9.42. The molecular weight excluding hydrogens is 324 g/mol. The van der Waals surface area contributed by atoms with E-state index in [1.165, 1.54) is 0 Å². The highest BCUT2D eigenvalue weighted by molar-refractivity contribution is 7.91. The highest BCUT2D eigenvalue weighted by Crippen LogP contribution is 2.49. The Morgan fingerprint density at radius 1 is 1.04 bits per heavy atom. The summed E-state index contributed by atoms with van der Waals surface area (Å²) < 4.78 is 38.0. The topological polar surface area (TPSA) is 52.6 Å². The highest BCUT2D eigenvalue weighted by Gasteiger charge is 2.46. The molecule has 0 amide bonds. The Morgan fingerprint density at radius 3 is 2.50 bits per heavy atom. The molecule has 1 saturated heterocycles. The predicted octanol–water partition coefficient (Wildman–Crippen LogP) is 3.22. The minimum Gasteiger partial charge on any atom is -0.496 e. The second-order valence-corrected chi connectivity index (χ2v) is 8.12. The Labute approximate surface area is 141 Å². The molecule has 0 radical (unpaired) electrons. The van der Waals surface area contributed by atoms with Gasteiger partial charge in [-0.25, -0.2) is 8.42 Å². The van der Waals surface area contributed by atoms with Crippen LogP contribution in [0.25, 0.3) is 5.76 Å². The third-order valence-electron chi connectivity index (χ3n) is 4.78. The number of fused-ring (bicyclic) bond motifs is 2. The summed E-state index contributed by atoms with van der Waals surface area (Å²) in [7, 11) is -1.91. The lowest BCUT2D eigenvalue weighted by Crippen LogP contribution is -2.28. The Hall–Kier alpha value is -2.11. The molecular formula is C19H18O4S. The number of hydrogen-bond acceptors (Lipinski definition) is 4. The van der Waals surface area contributed by atoms with Gasteiger partial charge < -0.3 is 9.47 Å². The van der Waals surface area contributed by atoms with E-state index in [0.717, 1.165) is 22.5 Å². The lowest BCUT2D eigenvalue weighted by Gasteiger charge is -2.32. The molecule has 4 rings (SSSR count). The molecule has 4 nitrogen and oxygen atoms in total. The summed E-state index contributed by atoms with van der Waals surface area (Å²) >= 11 is 0. The van der Waals surface area contributed by atoms with Crippen LogP contribution in [0.2, 0.25) is 0 Å². The maximum atomic E-state index is 13.4. The molecule has 5 heteroatoms. The van der Waals surface area contributed by atoms with Crippen LogP contribution in [-0.2, 0) is 19.3 Å². The number of ether oxygens (including phenoxy) is 2. The number of benzene rings is 2. The third-order valence-corrected chi connectivity index (χ3v) is 6.96. The molecule has 24 heavy (non-hydrogen) atoms. The van der Waals surface area contributed by atoms with Crippen LogP contribution in [0.4, 0.5) is 0 Å². The van der Waals surface area contributed by atoms with E-state index in [1.807, 2.05) is 30.3 Å². The molecule has 1 aliphatic carbocycles. The Kier molecular flexibility index (Phi) is 3.70. The van der Waals surface area contributed by atoms with Crippen molar-refractivity contribution < 1.29 is 17.9 Å². The Bertz CT molecular complexity index is 900. The molecule has 2 aromatic rings. The lowest BCUT2D eigenvalue weighted by molar-refractivity contribution is 0.187. The number of methoxy groups -OCH3 is 1. The maximum absolute atomic E-state index is 13.4. The zero-order chi connectivity index (χ0) is 16.7. The van der Waals surface area contributed by atoms with E-state index in [9.17, 15) is 8.42 Å². The fraction of sp³-hybridized carbons (Fsp3) is 0.263. The fourth-order valence-electron chi connectivity index (χ4n) is 3.73. The Balaban J connectivity index is 1.95. The predicted molar refractivity (Wildman–Crippen MR) is 91.0 cm³/mol.